The van der Waals surface area contributed by atoms with E-state index in [0.717, 1.165) is 13.0 Å². The Kier molecular flexibility index (Phi) is 4.10. The zero-order chi connectivity index (χ0) is 14.8. The van der Waals surface area contributed by atoms with Gasteiger partial charge in [0.05, 0.1) is 17.5 Å². The third kappa shape index (κ3) is 2.83. The van der Waals surface area contributed by atoms with Crippen LogP contribution < -0.4 is 16.6 Å². The topological polar surface area (TPSA) is 101 Å². The first-order valence-corrected chi connectivity index (χ1v) is 6.51. The standard InChI is InChI=1S/C13H20N4O3/c1-13(12(19)15-2)3-4-17(8-13)6-10-5-9(7-20-10)11(18)16-14/h5,7H,3-4,6,8,14H2,1-2H3,(H,15,19)(H,16,18). The Morgan fingerprint density at radius 1 is 1.55 bits per heavy atom. The molecule has 1 aromatic rings. The highest BCUT2D eigenvalue weighted by Gasteiger charge is 2.39. The second-order valence-corrected chi connectivity index (χ2v) is 5.38. The average Bonchev–Trinajstić information content (AvgIpc) is 3.05. The van der Waals surface area contributed by atoms with E-state index in [9.17, 15) is 9.59 Å². The molecule has 0 spiro atoms. The molecule has 1 saturated heterocycles. The summed E-state index contributed by atoms with van der Waals surface area (Å²) >= 11 is 0. The lowest BCUT2D eigenvalue weighted by molar-refractivity contribution is -0.129. The summed E-state index contributed by atoms with van der Waals surface area (Å²) in [5, 5.41) is 2.70. The normalized spacial score (nSPS) is 22.8. The molecule has 2 heterocycles. The number of carbonyl (C=O) groups is 2. The molecule has 2 rings (SSSR count). The molecule has 1 aromatic heterocycles. The summed E-state index contributed by atoms with van der Waals surface area (Å²) in [6.45, 7) is 4.03. The molecule has 0 aromatic carbocycles. The van der Waals surface area contributed by atoms with Crippen LogP contribution in [0.2, 0.25) is 0 Å². The number of nitrogen functional groups attached to an aromatic ring is 1. The van der Waals surface area contributed by atoms with Crippen molar-refractivity contribution in [3.8, 4) is 0 Å². The molecule has 7 heteroatoms. The highest BCUT2D eigenvalue weighted by Crippen LogP contribution is 2.31. The molecule has 20 heavy (non-hydrogen) atoms. The Balaban J connectivity index is 1.97. The van der Waals surface area contributed by atoms with Gasteiger partial charge in [0.2, 0.25) is 5.91 Å². The molecular weight excluding hydrogens is 260 g/mol. The fourth-order valence-corrected chi connectivity index (χ4v) is 2.56. The molecule has 7 nitrogen and oxygen atoms in total. The predicted octanol–water partition coefficient (Wildman–Crippen LogP) is -0.159. The molecule has 0 bridgehead atoms. The lowest BCUT2D eigenvalue weighted by Crippen LogP contribution is -2.39. The number of rotatable bonds is 4. The van der Waals surface area contributed by atoms with Crippen LogP contribution in [0.5, 0.6) is 0 Å². The minimum Gasteiger partial charge on any atom is -0.467 e. The molecule has 0 aliphatic carbocycles. The number of amides is 2. The van der Waals surface area contributed by atoms with Crippen LogP contribution in [0.1, 0.15) is 29.5 Å². The number of nitrogens with one attached hydrogen (secondary N) is 2. The Morgan fingerprint density at radius 3 is 2.95 bits per heavy atom. The van der Waals surface area contributed by atoms with Gasteiger partial charge in [-0.15, -0.1) is 0 Å². The second-order valence-electron chi connectivity index (χ2n) is 5.38. The van der Waals surface area contributed by atoms with E-state index in [-0.39, 0.29) is 17.2 Å². The highest BCUT2D eigenvalue weighted by atomic mass is 16.3. The van der Waals surface area contributed by atoms with E-state index < -0.39 is 0 Å². The number of hydrogen-bond donors (Lipinski definition) is 3. The molecule has 0 saturated carbocycles. The van der Waals surface area contributed by atoms with Gasteiger partial charge >= 0.3 is 0 Å². The van der Waals surface area contributed by atoms with Crippen LogP contribution in [0, 0.1) is 5.41 Å². The second kappa shape index (κ2) is 5.64. The highest BCUT2D eigenvalue weighted by molar-refractivity contribution is 5.93. The van der Waals surface area contributed by atoms with E-state index in [2.05, 4.69) is 15.6 Å². The van der Waals surface area contributed by atoms with E-state index in [4.69, 9.17) is 10.3 Å². The van der Waals surface area contributed by atoms with Crippen molar-refractivity contribution in [1.82, 2.24) is 15.6 Å². The van der Waals surface area contributed by atoms with E-state index in [1.165, 1.54) is 6.26 Å². The molecule has 4 N–H and O–H groups in total. The van der Waals surface area contributed by atoms with Crippen molar-refractivity contribution in [3.63, 3.8) is 0 Å². The van der Waals surface area contributed by atoms with Gasteiger partial charge in [0.25, 0.3) is 5.91 Å². The summed E-state index contributed by atoms with van der Waals surface area (Å²) in [5.41, 5.74) is 2.09. The molecule has 2 amide bonds. The molecule has 1 atom stereocenters. The van der Waals surface area contributed by atoms with E-state index in [1.54, 1.807) is 13.1 Å². The van der Waals surface area contributed by atoms with Gasteiger partial charge in [0.15, 0.2) is 0 Å². The van der Waals surface area contributed by atoms with E-state index in [0.29, 0.717) is 24.4 Å². The van der Waals surface area contributed by atoms with Crippen LogP contribution in [0.15, 0.2) is 16.7 Å². The fourth-order valence-electron chi connectivity index (χ4n) is 2.56. The average molecular weight is 280 g/mol. The molecule has 110 valence electrons. The van der Waals surface area contributed by atoms with Gasteiger partial charge in [-0.05, 0) is 26.0 Å². The number of nitrogens with two attached hydrogens (primary N) is 1. The number of furan rings is 1. The Bertz CT molecular complexity index is 513. The van der Waals surface area contributed by atoms with Gasteiger partial charge in [0.1, 0.15) is 12.0 Å². The maximum absolute atomic E-state index is 11.8. The lowest BCUT2D eigenvalue weighted by Gasteiger charge is -2.22. The van der Waals surface area contributed by atoms with Crippen molar-refractivity contribution >= 4 is 11.8 Å². The first kappa shape index (κ1) is 14.5. The van der Waals surface area contributed by atoms with Crippen molar-refractivity contribution in [2.45, 2.75) is 19.9 Å². The summed E-state index contributed by atoms with van der Waals surface area (Å²) in [5.74, 6) is 5.43. The quantitative estimate of drug-likeness (QED) is 0.404. The third-order valence-electron chi connectivity index (χ3n) is 3.75. The molecule has 1 unspecified atom stereocenters. The van der Waals surface area contributed by atoms with Crippen molar-refractivity contribution < 1.29 is 14.0 Å². The summed E-state index contributed by atoms with van der Waals surface area (Å²) in [7, 11) is 1.65. The molecule has 1 fully saturated rings. The summed E-state index contributed by atoms with van der Waals surface area (Å²) in [6, 6.07) is 1.66. The number of likely N-dealkylation sites (tertiary alicyclic amines) is 1. The molecule has 1 aliphatic rings. The fraction of sp³-hybridized carbons (Fsp3) is 0.538. The summed E-state index contributed by atoms with van der Waals surface area (Å²) in [6.07, 6.45) is 2.19. The summed E-state index contributed by atoms with van der Waals surface area (Å²) in [4.78, 5) is 25.3. The van der Waals surface area contributed by atoms with Crippen LogP contribution in [0.25, 0.3) is 0 Å². The van der Waals surface area contributed by atoms with Crippen LogP contribution in [-0.4, -0.2) is 36.9 Å². The molecular formula is C13H20N4O3. The Hall–Kier alpha value is -1.86. The zero-order valence-corrected chi connectivity index (χ0v) is 11.7. The van der Waals surface area contributed by atoms with Crippen molar-refractivity contribution in [3.05, 3.63) is 23.7 Å². The van der Waals surface area contributed by atoms with Gasteiger partial charge in [-0.25, -0.2) is 5.84 Å². The van der Waals surface area contributed by atoms with Crippen molar-refractivity contribution in [2.75, 3.05) is 20.1 Å². The van der Waals surface area contributed by atoms with Crippen molar-refractivity contribution in [2.24, 2.45) is 11.3 Å². The number of hydrogen-bond acceptors (Lipinski definition) is 5. The maximum atomic E-state index is 11.8. The van der Waals surface area contributed by atoms with Gasteiger partial charge in [-0.1, -0.05) is 0 Å². The minimum atomic E-state index is -0.378. The monoisotopic (exact) mass is 280 g/mol. The van der Waals surface area contributed by atoms with Crippen LogP contribution >= 0.6 is 0 Å². The zero-order valence-electron chi connectivity index (χ0n) is 11.7. The van der Waals surface area contributed by atoms with Gasteiger partial charge in [-0.3, -0.25) is 19.9 Å². The van der Waals surface area contributed by atoms with Gasteiger partial charge in [0, 0.05) is 13.6 Å². The smallest absolute Gasteiger partial charge is 0.268 e. The number of nitrogens with zero attached hydrogens (tertiary/aromatic N) is 1. The predicted molar refractivity (Wildman–Crippen MR) is 72.4 cm³/mol. The lowest BCUT2D eigenvalue weighted by atomic mass is 9.89. The van der Waals surface area contributed by atoms with Crippen molar-refractivity contribution in [1.29, 1.82) is 0 Å². The van der Waals surface area contributed by atoms with Crippen LogP contribution in [-0.2, 0) is 11.3 Å². The first-order chi connectivity index (χ1) is 9.48. The molecule has 1 aliphatic heterocycles. The van der Waals surface area contributed by atoms with Gasteiger partial charge in [-0.2, -0.15) is 0 Å². The summed E-state index contributed by atoms with van der Waals surface area (Å²) < 4.78 is 5.35. The van der Waals surface area contributed by atoms with E-state index >= 15 is 0 Å². The maximum Gasteiger partial charge on any atom is 0.268 e. The van der Waals surface area contributed by atoms with Crippen LogP contribution in [0.4, 0.5) is 0 Å². The SMILES string of the molecule is CNC(=O)C1(C)CCN(Cc2cc(C(=O)NN)co2)C1. The van der Waals surface area contributed by atoms with E-state index in [1.807, 2.05) is 6.92 Å². The minimum absolute atomic E-state index is 0.0580. The number of carbonyl (C=O) groups excluding carboxylic acids is 2. The Labute approximate surface area is 117 Å². The number of hydrazine groups is 1. The first-order valence-electron chi connectivity index (χ1n) is 6.51. The Morgan fingerprint density at radius 2 is 2.30 bits per heavy atom. The largest absolute Gasteiger partial charge is 0.467 e. The van der Waals surface area contributed by atoms with Gasteiger partial charge < -0.3 is 9.73 Å². The molecule has 0 radical (unpaired) electrons. The van der Waals surface area contributed by atoms with Crippen LogP contribution in [0.3, 0.4) is 0 Å². The third-order valence-corrected chi connectivity index (χ3v) is 3.75.